The first kappa shape index (κ1) is 13.9. The fourth-order valence-corrected chi connectivity index (χ4v) is 2.09. The van der Waals surface area contributed by atoms with E-state index >= 15 is 0 Å². The smallest absolute Gasteiger partial charge is 0.355 e. The van der Waals surface area contributed by atoms with Crippen LogP contribution in [0.25, 0.3) is 0 Å². The standard InChI is InChI=1S/C12H11N3O4S/c1-19-9-3-2-7(4-13-9)11(16)14-5-10-15-8(6-20-10)12(17)18/h2-4,6H,5H2,1H3,(H,14,16)(H,17,18). The van der Waals surface area contributed by atoms with Gasteiger partial charge in [-0.1, -0.05) is 0 Å². The molecule has 2 heterocycles. The maximum absolute atomic E-state index is 11.8. The lowest BCUT2D eigenvalue weighted by Crippen LogP contribution is -2.22. The van der Waals surface area contributed by atoms with Gasteiger partial charge in [0.25, 0.3) is 5.91 Å². The van der Waals surface area contributed by atoms with Crippen molar-refractivity contribution in [1.29, 1.82) is 0 Å². The van der Waals surface area contributed by atoms with Crippen LogP contribution >= 0.6 is 11.3 Å². The molecule has 0 saturated carbocycles. The number of pyridine rings is 1. The average Bonchev–Trinajstić information content (AvgIpc) is 2.94. The molecule has 2 aromatic rings. The van der Waals surface area contributed by atoms with Gasteiger partial charge in [-0.25, -0.2) is 14.8 Å². The summed E-state index contributed by atoms with van der Waals surface area (Å²) in [5.41, 5.74) is 0.367. The molecule has 0 bridgehead atoms. The van der Waals surface area contributed by atoms with Crippen LogP contribution in [0, 0.1) is 0 Å². The number of thiazole rings is 1. The summed E-state index contributed by atoms with van der Waals surface area (Å²) >= 11 is 1.18. The predicted octanol–water partition coefficient (Wildman–Crippen LogP) is 1.17. The summed E-state index contributed by atoms with van der Waals surface area (Å²) in [6.07, 6.45) is 1.40. The van der Waals surface area contributed by atoms with Gasteiger partial charge in [-0.05, 0) is 6.07 Å². The van der Waals surface area contributed by atoms with Crippen molar-refractivity contribution in [3.8, 4) is 5.88 Å². The molecule has 104 valence electrons. The molecule has 2 N–H and O–H groups in total. The fourth-order valence-electron chi connectivity index (χ4n) is 1.38. The molecule has 20 heavy (non-hydrogen) atoms. The van der Waals surface area contributed by atoms with Crippen LogP contribution < -0.4 is 10.1 Å². The number of hydrogen-bond acceptors (Lipinski definition) is 6. The molecule has 0 aliphatic carbocycles. The van der Waals surface area contributed by atoms with Gasteiger partial charge in [-0.3, -0.25) is 4.79 Å². The van der Waals surface area contributed by atoms with Crippen molar-refractivity contribution in [3.63, 3.8) is 0 Å². The molecule has 0 spiro atoms. The summed E-state index contributed by atoms with van der Waals surface area (Å²) in [6.45, 7) is 0.169. The van der Waals surface area contributed by atoms with Gasteiger partial charge in [-0.15, -0.1) is 11.3 Å². The Kier molecular flexibility index (Phi) is 4.26. The van der Waals surface area contributed by atoms with Gasteiger partial charge >= 0.3 is 5.97 Å². The van der Waals surface area contributed by atoms with E-state index in [9.17, 15) is 9.59 Å². The van der Waals surface area contributed by atoms with E-state index in [1.54, 1.807) is 12.1 Å². The molecule has 1 amide bonds. The SMILES string of the molecule is COc1ccc(C(=O)NCc2nc(C(=O)O)cs2)cn1. The largest absolute Gasteiger partial charge is 0.481 e. The molecule has 0 atom stereocenters. The van der Waals surface area contributed by atoms with Crippen LogP contribution in [0.15, 0.2) is 23.7 Å². The maximum atomic E-state index is 11.8. The zero-order chi connectivity index (χ0) is 14.5. The van der Waals surface area contributed by atoms with Crippen molar-refractivity contribution >= 4 is 23.2 Å². The van der Waals surface area contributed by atoms with E-state index in [1.807, 2.05) is 0 Å². The Morgan fingerprint density at radius 2 is 2.25 bits per heavy atom. The van der Waals surface area contributed by atoms with E-state index in [4.69, 9.17) is 9.84 Å². The van der Waals surface area contributed by atoms with Crippen LogP contribution in [0.2, 0.25) is 0 Å². The molecule has 0 saturated heterocycles. The van der Waals surface area contributed by atoms with Crippen LogP contribution in [-0.4, -0.2) is 34.1 Å². The number of aromatic nitrogens is 2. The summed E-state index contributed by atoms with van der Waals surface area (Å²) in [6, 6.07) is 3.17. The molecule has 0 radical (unpaired) electrons. The Bertz CT molecular complexity index is 624. The molecule has 2 rings (SSSR count). The van der Waals surface area contributed by atoms with Crippen molar-refractivity contribution in [1.82, 2.24) is 15.3 Å². The fraction of sp³-hybridized carbons (Fsp3) is 0.167. The molecular weight excluding hydrogens is 282 g/mol. The lowest BCUT2D eigenvalue weighted by Gasteiger charge is -2.03. The third-order valence-corrected chi connectivity index (χ3v) is 3.23. The van der Waals surface area contributed by atoms with Gasteiger partial charge in [0.1, 0.15) is 5.01 Å². The monoisotopic (exact) mass is 293 g/mol. The molecule has 0 fully saturated rings. The highest BCUT2D eigenvalue weighted by atomic mass is 32.1. The molecule has 2 aromatic heterocycles. The summed E-state index contributed by atoms with van der Waals surface area (Å²) in [7, 11) is 1.49. The molecule has 0 aliphatic heterocycles. The second-order valence-corrected chi connectivity index (χ2v) is 4.65. The number of carboxylic acid groups (broad SMARTS) is 1. The number of nitrogens with zero attached hydrogens (tertiary/aromatic N) is 2. The molecule has 0 aliphatic rings. The lowest BCUT2D eigenvalue weighted by molar-refractivity contribution is 0.0691. The third-order valence-electron chi connectivity index (χ3n) is 2.38. The minimum absolute atomic E-state index is 0.0228. The zero-order valence-corrected chi connectivity index (χ0v) is 11.3. The van der Waals surface area contributed by atoms with E-state index < -0.39 is 5.97 Å². The number of hydrogen-bond donors (Lipinski definition) is 2. The van der Waals surface area contributed by atoms with E-state index in [1.165, 1.54) is 30.0 Å². The molecule has 8 heteroatoms. The van der Waals surface area contributed by atoms with E-state index in [0.29, 0.717) is 16.5 Å². The van der Waals surface area contributed by atoms with Gasteiger partial charge < -0.3 is 15.2 Å². The number of carboxylic acids is 1. The first-order valence-electron chi connectivity index (χ1n) is 5.56. The molecular formula is C12H11N3O4S. The number of rotatable bonds is 5. The van der Waals surface area contributed by atoms with E-state index in [2.05, 4.69) is 15.3 Å². The number of nitrogens with one attached hydrogen (secondary N) is 1. The van der Waals surface area contributed by atoms with Crippen LogP contribution in [0.4, 0.5) is 0 Å². The summed E-state index contributed by atoms with van der Waals surface area (Å²) < 4.78 is 4.90. The number of methoxy groups -OCH3 is 1. The third kappa shape index (κ3) is 3.29. The van der Waals surface area contributed by atoms with Crippen LogP contribution in [-0.2, 0) is 6.54 Å². The highest BCUT2D eigenvalue weighted by molar-refractivity contribution is 7.09. The number of ether oxygens (including phenoxy) is 1. The minimum atomic E-state index is -1.09. The van der Waals surface area contributed by atoms with E-state index in [0.717, 1.165) is 0 Å². The Morgan fingerprint density at radius 1 is 1.45 bits per heavy atom. The summed E-state index contributed by atoms with van der Waals surface area (Å²) in [4.78, 5) is 30.3. The van der Waals surface area contributed by atoms with Crippen molar-refractivity contribution < 1.29 is 19.4 Å². The quantitative estimate of drug-likeness (QED) is 0.858. The number of carbonyl (C=O) groups excluding carboxylic acids is 1. The van der Waals surface area contributed by atoms with Crippen molar-refractivity contribution in [3.05, 3.63) is 40.0 Å². The Hall–Kier alpha value is -2.48. The highest BCUT2D eigenvalue weighted by Crippen LogP contribution is 2.10. The molecule has 0 aromatic carbocycles. The Labute approximate surface area is 118 Å². The number of carbonyl (C=O) groups is 2. The average molecular weight is 293 g/mol. The second-order valence-electron chi connectivity index (χ2n) is 3.70. The van der Waals surface area contributed by atoms with Crippen molar-refractivity contribution in [2.24, 2.45) is 0 Å². The normalized spacial score (nSPS) is 10.1. The summed E-state index contributed by atoms with van der Waals surface area (Å²) in [5.74, 6) is -0.974. The van der Waals surface area contributed by atoms with Crippen LogP contribution in [0.3, 0.4) is 0 Å². The predicted molar refractivity (Wildman–Crippen MR) is 71.0 cm³/mol. The van der Waals surface area contributed by atoms with Gasteiger partial charge in [0.15, 0.2) is 5.69 Å². The van der Waals surface area contributed by atoms with Gasteiger partial charge in [0.05, 0.1) is 19.2 Å². The van der Waals surface area contributed by atoms with Crippen LogP contribution in [0.5, 0.6) is 5.88 Å². The minimum Gasteiger partial charge on any atom is -0.481 e. The molecule has 7 nitrogen and oxygen atoms in total. The van der Waals surface area contributed by atoms with Crippen molar-refractivity contribution in [2.45, 2.75) is 6.54 Å². The first-order valence-corrected chi connectivity index (χ1v) is 6.44. The maximum Gasteiger partial charge on any atom is 0.355 e. The zero-order valence-electron chi connectivity index (χ0n) is 10.5. The first-order chi connectivity index (χ1) is 9.60. The second kappa shape index (κ2) is 6.11. The Morgan fingerprint density at radius 3 is 2.80 bits per heavy atom. The van der Waals surface area contributed by atoms with Gasteiger partial charge in [0, 0.05) is 17.6 Å². The van der Waals surface area contributed by atoms with Crippen LogP contribution in [0.1, 0.15) is 25.9 Å². The molecule has 0 unspecified atom stereocenters. The van der Waals surface area contributed by atoms with Crippen molar-refractivity contribution in [2.75, 3.05) is 7.11 Å². The lowest BCUT2D eigenvalue weighted by atomic mass is 10.2. The number of aromatic carboxylic acids is 1. The Balaban J connectivity index is 1.95. The summed E-state index contributed by atoms with van der Waals surface area (Å²) in [5, 5.41) is 13.3. The van der Waals surface area contributed by atoms with Gasteiger partial charge in [0.2, 0.25) is 5.88 Å². The van der Waals surface area contributed by atoms with E-state index in [-0.39, 0.29) is 18.1 Å². The highest BCUT2D eigenvalue weighted by Gasteiger charge is 2.10. The number of amides is 1. The topological polar surface area (TPSA) is 101 Å². The van der Waals surface area contributed by atoms with Gasteiger partial charge in [-0.2, -0.15) is 0 Å².